The number of likely N-dealkylation sites (tertiary alicyclic amines) is 1. The van der Waals surface area contributed by atoms with Crippen molar-refractivity contribution in [3.63, 3.8) is 0 Å². The molecule has 2 aromatic carbocycles. The highest BCUT2D eigenvalue weighted by Crippen LogP contribution is 2.30. The number of benzene rings is 2. The molecule has 1 aliphatic rings. The molecule has 0 aliphatic carbocycles. The molecular formula is C23H20F3N3O4. The molecule has 1 aliphatic heterocycles. The van der Waals surface area contributed by atoms with E-state index in [0.717, 1.165) is 0 Å². The van der Waals surface area contributed by atoms with Crippen LogP contribution in [-0.4, -0.2) is 53.8 Å². The third kappa shape index (κ3) is 4.69. The van der Waals surface area contributed by atoms with E-state index in [9.17, 15) is 22.8 Å². The highest BCUT2D eigenvalue weighted by atomic mass is 19.3. The van der Waals surface area contributed by atoms with Crippen molar-refractivity contribution in [2.24, 2.45) is 0 Å². The molecule has 0 spiro atoms. The van der Waals surface area contributed by atoms with Gasteiger partial charge in [0.15, 0.2) is 0 Å². The Kier molecular flexibility index (Phi) is 6.34. The van der Waals surface area contributed by atoms with E-state index < -0.39 is 18.8 Å². The molecular weight excluding hydrogens is 439 g/mol. The summed E-state index contributed by atoms with van der Waals surface area (Å²) in [5, 5.41) is 4.39. The van der Waals surface area contributed by atoms with Gasteiger partial charge >= 0.3 is 0 Å². The molecule has 0 N–H and O–H groups in total. The number of methoxy groups -OCH3 is 1. The van der Waals surface area contributed by atoms with Crippen molar-refractivity contribution < 1.29 is 27.4 Å². The molecule has 33 heavy (non-hydrogen) atoms. The van der Waals surface area contributed by atoms with Crippen molar-refractivity contribution in [2.75, 3.05) is 26.8 Å². The van der Waals surface area contributed by atoms with Crippen LogP contribution >= 0.6 is 0 Å². The number of hydrogen-bond donors (Lipinski definition) is 0. The molecule has 2 heterocycles. The zero-order valence-corrected chi connectivity index (χ0v) is 17.6. The Labute approximate surface area is 187 Å². The SMILES string of the molecule is COc1cc(F)ccc1-c1ccc(=O)n(C2CN(C(=O)c3ccccc3OCC(F)F)C2)n1. The number of amides is 1. The number of ether oxygens (including phenoxy) is 2. The van der Waals surface area contributed by atoms with Crippen LogP contribution in [-0.2, 0) is 0 Å². The van der Waals surface area contributed by atoms with Crippen LogP contribution in [0.1, 0.15) is 16.4 Å². The fourth-order valence-electron chi connectivity index (χ4n) is 3.58. The summed E-state index contributed by atoms with van der Waals surface area (Å²) in [6, 6.07) is 12.7. The summed E-state index contributed by atoms with van der Waals surface area (Å²) in [6.07, 6.45) is -2.66. The molecule has 0 radical (unpaired) electrons. The summed E-state index contributed by atoms with van der Waals surface area (Å²) in [5.74, 6) is -0.499. The van der Waals surface area contributed by atoms with Gasteiger partial charge in [0.25, 0.3) is 17.9 Å². The molecule has 3 aromatic rings. The van der Waals surface area contributed by atoms with E-state index in [4.69, 9.17) is 9.47 Å². The van der Waals surface area contributed by atoms with Crippen LogP contribution in [0.3, 0.4) is 0 Å². The van der Waals surface area contributed by atoms with Gasteiger partial charge in [-0.05, 0) is 30.3 Å². The Morgan fingerprint density at radius 3 is 2.61 bits per heavy atom. The van der Waals surface area contributed by atoms with Gasteiger partial charge in [-0.15, -0.1) is 0 Å². The van der Waals surface area contributed by atoms with E-state index in [-0.39, 0.29) is 47.7 Å². The number of carbonyl (C=O) groups is 1. The minimum Gasteiger partial charge on any atom is -0.496 e. The lowest BCUT2D eigenvalue weighted by Crippen LogP contribution is -2.53. The molecule has 1 amide bonds. The molecule has 172 valence electrons. The van der Waals surface area contributed by atoms with Gasteiger partial charge in [-0.25, -0.2) is 17.9 Å². The van der Waals surface area contributed by atoms with Crippen molar-refractivity contribution in [3.8, 4) is 22.8 Å². The standard InChI is InChI=1S/C23H20F3N3O4/c1-32-20-10-14(24)6-7-16(20)18-8-9-22(30)29(27-18)15-11-28(12-15)23(31)17-4-2-3-5-19(17)33-13-21(25)26/h2-10,15,21H,11-13H2,1H3. The van der Waals surface area contributed by atoms with E-state index in [2.05, 4.69) is 5.10 Å². The number of alkyl halides is 2. The number of hydrogen-bond acceptors (Lipinski definition) is 5. The highest BCUT2D eigenvalue weighted by molar-refractivity contribution is 5.97. The number of nitrogens with zero attached hydrogens (tertiary/aromatic N) is 3. The first-order valence-electron chi connectivity index (χ1n) is 10.1. The lowest BCUT2D eigenvalue weighted by atomic mass is 10.1. The predicted molar refractivity (Wildman–Crippen MR) is 113 cm³/mol. The summed E-state index contributed by atoms with van der Waals surface area (Å²) < 4.78 is 50.1. The van der Waals surface area contributed by atoms with Gasteiger partial charge < -0.3 is 14.4 Å². The molecule has 0 saturated carbocycles. The van der Waals surface area contributed by atoms with Crippen molar-refractivity contribution in [1.29, 1.82) is 0 Å². The highest BCUT2D eigenvalue weighted by Gasteiger charge is 2.35. The molecule has 1 saturated heterocycles. The third-order valence-corrected chi connectivity index (χ3v) is 5.24. The van der Waals surface area contributed by atoms with E-state index in [1.807, 2.05) is 0 Å². The Morgan fingerprint density at radius 1 is 1.12 bits per heavy atom. The average Bonchev–Trinajstić information content (AvgIpc) is 2.78. The first kappa shape index (κ1) is 22.4. The topological polar surface area (TPSA) is 73.7 Å². The maximum absolute atomic E-state index is 13.5. The molecule has 0 atom stereocenters. The number of halogens is 3. The van der Waals surface area contributed by atoms with Gasteiger partial charge in [0.1, 0.15) is 23.9 Å². The minimum atomic E-state index is -2.66. The zero-order chi connectivity index (χ0) is 23.5. The fraction of sp³-hybridized carbons (Fsp3) is 0.261. The smallest absolute Gasteiger partial charge is 0.272 e. The normalized spacial score (nSPS) is 13.7. The van der Waals surface area contributed by atoms with Crippen molar-refractivity contribution in [2.45, 2.75) is 12.5 Å². The fourth-order valence-corrected chi connectivity index (χ4v) is 3.58. The summed E-state index contributed by atoms with van der Waals surface area (Å²) >= 11 is 0. The molecule has 1 aromatic heterocycles. The minimum absolute atomic E-state index is 0.0759. The van der Waals surface area contributed by atoms with Gasteiger partial charge in [0.2, 0.25) is 0 Å². The zero-order valence-electron chi connectivity index (χ0n) is 17.6. The van der Waals surface area contributed by atoms with Gasteiger partial charge in [0, 0.05) is 30.8 Å². The maximum atomic E-state index is 13.5. The van der Waals surface area contributed by atoms with Gasteiger partial charge in [-0.3, -0.25) is 9.59 Å². The van der Waals surface area contributed by atoms with Crippen LogP contribution in [0, 0.1) is 5.82 Å². The van der Waals surface area contributed by atoms with E-state index >= 15 is 0 Å². The quantitative estimate of drug-likeness (QED) is 0.542. The predicted octanol–water partition coefficient (Wildman–Crippen LogP) is 3.40. The largest absolute Gasteiger partial charge is 0.496 e. The molecule has 7 nitrogen and oxygen atoms in total. The lowest BCUT2D eigenvalue weighted by molar-refractivity contribution is 0.0479. The summed E-state index contributed by atoms with van der Waals surface area (Å²) in [7, 11) is 1.41. The molecule has 4 rings (SSSR count). The number of rotatable bonds is 7. The van der Waals surface area contributed by atoms with E-state index in [0.29, 0.717) is 11.3 Å². The number of para-hydroxylation sites is 1. The van der Waals surface area contributed by atoms with Gasteiger partial charge in [-0.2, -0.15) is 5.10 Å². The number of aromatic nitrogens is 2. The van der Waals surface area contributed by atoms with Crippen LogP contribution in [0.2, 0.25) is 0 Å². The second-order valence-corrected chi connectivity index (χ2v) is 7.41. The number of carbonyl (C=O) groups excluding carboxylic acids is 1. The summed E-state index contributed by atoms with van der Waals surface area (Å²) in [4.78, 5) is 26.7. The maximum Gasteiger partial charge on any atom is 0.272 e. The first-order chi connectivity index (χ1) is 15.9. The Hall–Kier alpha value is -3.82. The van der Waals surface area contributed by atoms with Gasteiger partial charge in [-0.1, -0.05) is 12.1 Å². The first-order valence-corrected chi connectivity index (χ1v) is 10.1. The lowest BCUT2D eigenvalue weighted by Gasteiger charge is -2.39. The second kappa shape index (κ2) is 9.35. The average molecular weight is 459 g/mol. The van der Waals surface area contributed by atoms with Crippen molar-refractivity contribution >= 4 is 5.91 Å². The van der Waals surface area contributed by atoms with Crippen LogP contribution in [0.4, 0.5) is 13.2 Å². The molecule has 0 unspecified atom stereocenters. The Bertz CT molecular complexity index is 1230. The monoisotopic (exact) mass is 459 g/mol. The summed E-state index contributed by atoms with van der Waals surface area (Å²) in [5.41, 5.74) is 0.756. The van der Waals surface area contributed by atoms with Crippen LogP contribution in [0.5, 0.6) is 11.5 Å². The van der Waals surface area contributed by atoms with Crippen LogP contribution < -0.4 is 15.0 Å². The van der Waals surface area contributed by atoms with Crippen LogP contribution in [0.25, 0.3) is 11.3 Å². The van der Waals surface area contributed by atoms with Crippen molar-refractivity contribution in [1.82, 2.24) is 14.7 Å². The van der Waals surface area contributed by atoms with Gasteiger partial charge in [0.05, 0.1) is 24.4 Å². The van der Waals surface area contributed by atoms with E-state index in [1.54, 1.807) is 12.1 Å². The van der Waals surface area contributed by atoms with Crippen LogP contribution in [0.15, 0.2) is 59.4 Å². The second-order valence-electron chi connectivity index (χ2n) is 7.41. The van der Waals surface area contributed by atoms with E-state index in [1.165, 1.54) is 59.2 Å². The summed E-state index contributed by atoms with van der Waals surface area (Å²) in [6.45, 7) is -0.399. The molecule has 10 heteroatoms. The molecule has 1 fully saturated rings. The Morgan fingerprint density at radius 2 is 1.88 bits per heavy atom. The van der Waals surface area contributed by atoms with Crippen molar-refractivity contribution in [3.05, 3.63) is 76.3 Å². The Balaban J connectivity index is 1.52. The molecule has 0 bridgehead atoms. The third-order valence-electron chi connectivity index (χ3n) is 5.24.